The normalized spacial score (nSPS) is 17.3. The summed E-state index contributed by atoms with van der Waals surface area (Å²) in [6, 6.07) is 5.32. The first-order valence-electron chi connectivity index (χ1n) is 5.94. The quantitative estimate of drug-likeness (QED) is 0.813. The monoisotopic (exact) mass is 252 g/mol. The van der Waals surface area contributed by atoms with Crippen LogP contribution in [0.1, 0.15) is 36.5 Å². The van der Waals surface area contributed by atoms with Crippen LogP contribution in [-0.4, -0.2) is 11.9 Å². The number of hydrogen-bond acceptors (Lipinski definition) is 2. The summed E-state index contributed by atoms with van der Waals surface area (Å²) in [5.74, 6) is 0.476. The first-order chi connectivity index (χ1) is 8.09. The molecule has 1 fully saturated rings. The van der Waals surface area contributed by atoms with Crippen molar-refractivity contribution in [3.8, 4) is 0 Å². The zero-order valence-corrected chi connectivity index (χ0v) is 10.6. The summed E-state index contributed by atoms with van der Waals surface area (Å²) in [6.07, 6.45) is 3.67. The Morgan fingerprint density at radius 2 is 2.24 bits per heavy atom. The number of rotatable bonds is 3. The molecule has 0 aliphatic heterocycles. The fourth-order valence-corrected chi connectivity index (χ4v) is 2.25. The van der Waals surface area contributed by atoms with E-state index in [9.17, 15) is 4.79 Å². The second-order valence-corrected chi connectivity index (χ2v) is 5.06. The fraction of sp³-hybridized carbons (Fsp3) is 0.462. The van der Waals surface area contributed by atoms with Crippen molar-refractivity contribution in [3.63, 3.8) is 0 Å². The molecule has 0 bridgehead atoms. The molecule has 3 N–H and O–H groups in total. The van der Waals surface area contributed by atoms with Crippen LogP contribution in [0.15, 0.2) is 18.2 Å². The molecule has 1 aromatic rings. The van der Waals surface area contributed by atoms with E-state index < -0.39 is 0 Å². The average molecular weight is 253 g/mol. The summed E-state index contributed by atoms with van der Waals surface area (Å²) in [4.78, 5) is 12.0. The number of amides is 1. The van der Waals surface area contributed by atoms with Crippen molar-refractivity contribution in [1.29, 1.82) is 0 Å². The molecule has 92 valence electrons. The number of para-hydroxylation sites is 1. The van der Waals surface area contributed by atoms with Gasteiger partial charge in [0.05, 0.1) is 16.3 Å². The second-order valence-electron chi connectivity index (χ2n) is 4.65. The van der Waals surface area contributed by atoms with E-state index in [0.717, 1.165) is 0 Å². The van der Waals surface area contributed by atoms with Crippen LogP contribution in [0.4, 0.5) is 5.69 Å². The SMILES string of the molecule is CC(NC(=O)c1cccc(Cl)c1N)C1CCC1. The van der Waals surface area contributed by atoms with Crippen molar-refractivity contribution in [2.24, 2.45) is 5.92 Å². The molecule has 1 aromatic carbocycles. The number of carbonyl (C=O) groups is 1. The molecule has 1 atom stereocenters. The first-order valence-corrected chi connectivity index (χ1v) is 6.32. The lowest BCUT2D eigenvalue weighted by Crippen LogP contribution is -2.40. The van der Waals surface area contributed by atoms with Crippen LogP contribution in [0.3, 0.4) is 0 Å². The molecule has 0 aromatic heterocycles. The number of anilines is 1. The van der Waals surface area contributed by atoms with Crippen LogP contribution in [0.2, 0.25) is 5.02 Å². The van der Waals surface area contributed by atoms with Gasteiger partial charge in [-0.3, -0.25) is 4.79 Å². The van der Waals surface area contributed by atoms with Crippen LogP contribution in [0.25, 0.3) is 0 Å². The number of benzene rings is 1. The van der Waals surface area contributed by atoms with E-state index in [1.807, 2.05) is 6.92 Å². The summed E-state index contributed by atoms with van der Waals surface area (Å²) < 4.78 is 0. The minimum absolute atomic E-state index is 0.135. The topological polar surface area (TPSA) is 55.1 Å². The lowest BCUT2D eigenvalue weighted by Gasteiger charge is -2.32. The Hall–Kier alpha value is -1.22. The molecule has 0 spiro atoms. The van der Waals surface area contributed by atoms with Crippen LogP contribution < -0.4 is 11.1 Å². The van der Waals surface area contributed by atoms with Gasteiger partial charge in [0, 0.05) is 6.04 Å². The van der Waals surface area contributed by atoms with E-state index in [0.29, 0.717) is 22.2 Å². The van der Waals surface area contributed by atoms with Crippen LogP contribution in [-0.2, 0) is 0 Å². The smallest absolute Gasteiger partial charge is 0.253 e. The standard InChI is InChI=1S/C13H17ClN2O/c1-8(9-4-2-5-9)16-13(17)10-6-3-7-11(14)12(10)15/h3,6-9H,2,4-5,15H2,1H3,(H,16,17). The van der Waals surface area contributed by atoms with Gasteiger partial charge in [-0.25, -0.2) is 0 Å². The Bertz CT molecular complexity index is 429. The molecular weight excluding hydrogens is 236 g/mol. The highest BCUT2D eigenvalue weighted by atomic mass is 35.5. The van der Waals surface area contributed by atoms with Gasteiger partial charge in [0.2, 0.25) is 0 Å². The van der Waals surface area contributed by atoms with Crippen molar-refractivity contribution in [2.75, 3.05) is 5.73 Å². The number of carbonyl (C=O) groups excluding carboxylic acids is 1. The van der Waals surface area contributed by atoms with Gasteiger partial charge in [0.25, 0.3) is 5.91 Å². The predicted molar refractivity (Wildman–Crippen MR) is 70.1 cm³/mol. The van der Waals surface area contributed by atoms with Crippen molar-refractivity contribution in [1.82, 2.24) is 5.32 Å². The summed E-state index contributed by atoms with van der Waals surface area (Å²) in [6.45, 7) is 2.04. The van der Waals surface area contributed by atoms with Gasteiger partial charge in [0.1, 0.15) is 0 Å². The maximum atomic E-state index is 12.0. The second kappa shape index (κ2) is 4.96. The van der Waals surface area contributed by atoms with Gasteiger partial charge in [-0.15, -0.1) is 0 Å². The molecule has 1 saturated carbocycles. The number of nitrogens with two attached hydrogens (primary N) is 1. The molecule has 17 heavy (non-hydrogen) atoms. The van der Waals surface area contributed by atoms with E-state index in [4.69, 9.17) is 17.3 Å². The summed E-state index contributed by atoms with van der Waals surface area (Å²) in [5.41, 5.74) is 6.60. The van der Waals surface area contributed by atoms with E-state index in [-0.39, 0.29) is 11.9 Å². The molecule has 2 rings (SSSR count). The number of nitrogen functional groups attached to an aromatic ring is 1. The van der Waals surface area contributed by atoms with Crippen molar-refractivity contribution >= 4 is 23.2 Å². The lowest BCUT2D eigenvalue weighted by atomic mass is 9.80. The Labute approximate surface area is 106 Å². The minimum atomic E-state index is -0.135. The van der Waals surface area contributed by atoms with Gasteiger partial charge >= 0.3 is 0 Å². The molecule has 1 aliphatic rings. The van der Waals surface area contributed by atoms with E-state index >= 15 is 0 Å². The van der Waals surface area contributed by atoms with Gasteiger partial charge in [-0.05, 0) is 37.8 Å². The molecule has 0 heterocycles. The van der Waals surface area contributed by atoms with Gasteiger partial charge in [0.15, 0.2) is 0 Å². The molecule has 1 aliphatic carbocycles. The molecular formula is C13H17ClN2O. The van der Waals surface area contributed by atoms with E-state index in [1.165, 1.54) is 19.3 Å². The Kier molecular flexibility index (Phi) is 3.57. The third-order valence-electron chi connectivity index (χ3n) is 3.51. The van der Waals surface area contributed by atoms with Gasteiger partial charge < -0.3 is 11.1 Å². The predicted octanol–water partition coefficient (Wildman–Crippen LogP) is 2.84. The maximum Gasteiger partial charge on any atom is 0.253 e. The summed E-state index contributed by atoms with van der Waals surface area (Å²) in [5, 5.41) is 3.41. The number of nitrogens with one attached hydrogen (secondary N) is 1. The van der Waals surface area contributed by atoms with E-state index in [2.05, 4.69) is 5.32 Å². The zero-order valence-electron chi connectivity index (χ0n) is 9.87. The number of hydrogen-bond donors (Lipinski definition) is 2. The lowest BCUT2D eigenvalue weighted by molar-refractivity contribution is 0.0910. The Balaban J connectivity index is 2.06. The Morgan fingerprint density at radius 3 is 2.82 bits per heavy atom. The van der Waals surface area contributed by atoms with Gasteiger partial charge in [-0.1, -0.05) is 24.1 Å². The van der Waals surface area contributed by atoms with Crippen molar-refractivity contribution < 1.29 is 4.79 Å². The molecule has 0 saturated heterocycles. The number of halogens is 1. The largest absolute Gasteiger partial charge is 0.397 e. The third-order valence-corrected chi connectivity index (χ3v) is 3.84. The zero-order chi connectivity index (χ0) is 12.4. The highest BCUT2D eigenvalue weighted by Gasteiger charge is 2.25. The molecule has 1 amide bonds. The first kappa shape index (κ1) is 12.2. The van der Waals surface area contributed by atoms with Crippen LogP contribution in [0.5, 0.6) is 0 Å². The van der Waals surface area contributed by atoms with Crippen LogP contribution >= 0.6 is 11.6 Å². The maximum absolute atomic E-state index is 12.0. The fourth-order valence-electron chi connectivity index (χ4n) is 2.08. The average Bonchev–Trinajstić information content (AvgIpc) is 2.19. The minimum Gasteiger partial charge on any atom is -0.397 e. The molecule has 0 radical (unpaired) electrons. The van der Waals surface area contributed by atoms with Crippen molar-refractivity contribution in [2.45, 2.75) is 32.2 Å². The third kappa shape index (κ3) is 2.55. The highest BCUT2D eigenvalue weighted by Crippen LogP contribution is 2.30. The van der Waals surface area contributed by atoms with E-state index in [1.54, 1.807) is 18.2 Å². The molecule has 4 heteroatoms. The molecule has 1 unspecified atom stereocenters. The van der Waals surface area contributed by atoms with Crippen LogP contribution in [0, 0.1) is 5.92 Å². The highest BCUT2D eigenvalue weighted by molar-refractivity contribution is 6.33. The molecule has 3 nitrogen and oxygen atoms in total. The van der Waals surface area contributed by atoms with Crippen molar-refractivity contribution in [3.05, 3.63) is 28.8 Å². The Morgan fingerprint density at radius 1 is 1.53 bits per heavy atom. The van der Waals surface area contributed by atoms with Gasteiger partial charge in [-0.2, -0.15) is 0 Å². The summed E-state index contributed by atoms with van der Waals surface area (Å²) in [7, 11) is 0. The summed E-state index contributed by atoms with van der Waals surface area (Å²) >= 11 is 5.89.